The lowest BCUT2D eigenvalue weighted by Crippen LogP contribution is -2.13. The lowest BCUT2D eigenvalue weighted by Gasteiger charge is -2.02. The first-order chi connectivity index (χ1) is 7.79. The van der Waals surface area contributed by atoms with Crippen LogP contribution >= 0.6 is 11.8 Å². The average Bonchev–Trinajstić information content (AvgIpc) is 2.83. The van der Waals surface area contributed by atoms with Crippen LogP contribution in [0.5, 0.6) is 0 Å². The number of rotatable bonds is 3. The monoisotopic (exact) mass is 235 g/mol. The van der Waals surface area contributed by atoms with Crippen LogP contribution in [-0.2, 0) is 0 Å². The van der Waals surface area contributed by atoms with Crippen LogP contribution in [0.25, 0.3) is 0 Å². The molecule has 0 atom stereocenters. The molecule has 0 aliphatic heterocycles. The fraction of sp³-hybridized carbons (Fsp3) is 0.111. The summed E-state index contributed by atoms with van der Waals surface area (Å²) in [7, 11) is 0. The van der Waals surface area contributed by atoms with E-state index in [0.717, 1.165) is 4.90 Å². The maximum Gasteiger partial charge on any atom is 0.297 e. The topological polar surface area (TPSA) is 83.6 Å². The maximum absolute atomic E-state index is 11.5. The Bertz CT molecular complexity index is 467. The average molecular weight is 235 g/mol. The van der Waals surface area contributed by atoms with Crippen molar-refractivity contribution in [2.24, 2.45) is 0 Å². The second kappa shape index (κ2) is 4.75. The third-order valence-electron chi connectivity index (χ3n) is 1.90. The molecule has 7 heteroatoms. The number of carbonyl (C=O) groups excluding carboxylic acids is 1. The van der Waals surface area contributed by atoms with Crippen molar-refractivity contribution in [3.05, 3.63) is 30.1 Å². The number of hydrogen-bond donors (Lipinski definition) is 2. The van der Waals surface area contributed by atoms with Crippen LogP contribution in [0.15, 0.2) is 29.2 Å². The molecule has 82 valence electrons. The van der Waals surface area contributed by atoms with Gasteiger partial charge < -0.3 is 5.32 Å². The first-order valence-corrected chi connectivity index (χ1v) is 5.71. The molecule has 1 heterocycles. The highest BCUT2D eigenvalue weighted by Crippen LogP contribution is 2.17. The Morgan fingerprint density at radius 3 is 2.69 bits per heavy atom. The number of H-pyrrole nitrogens is 1. The molecule has 1 amide bonds. The zero-order valence-electron chi connectivity index (χ0n) is 8.47. The van der Waals surface area contributed by atoms with Crippen molar-refractivity contribution >= 4 is 23.4 Å². The number of amides is 1. The van der Waals surface area contributed by atoms with Gasteiger partial charge in [-0.15, -0.1) is 22.0 Å². The van der Waals surface area contributed by atoms with E-state index in [4.69, 9.17) is 0 Å². The van der Waals surface area contributed by atoms with E-state index in [2.05, 4.69) is 25.9 Å². The summed E-state index contributed by atoms with van der Waals surface area (Å²) < 4.78 is 0. The molecule has 6 nitrogen and oxygen atoms in total. The molecule has 0 spiro atoms. The molecule has 2 rings (SSSR count). The van der Waals surface area contributed by atoms with E-state index in [1.54, 1.807) is 11.8 Å². The van der Waals surface area contributed by atoms with E-state index in [-0.39, 0.29) is 11.7 Å². The van der Waals surface area contributed by atoms with Gasteiger partial charge in [-0.2, -0.15) is 5.21 Å². The Morgan fingerprint density at radius 2 is 2.12 bits per heavy atom. The van der Waals surface area contributed by atoms with Gasteiger partial charge in [0.05, 0.1) is 0 Å². The summed E-state index contributed by atoms with van der Waals surface area (Å²) in [6, 6.07) is 7.50. The van der Waals surface area contributed by atoms with Crippen molar-refractivity contribution < 1.29 is 4.79 Å². The number of hydrogen-bond acceptors (Lipinski definition) is 5. The van der Waals surface area contributed by atoms with Gasteiger partial charge in [0.25, 0.3) is 11.7 Å². The summed E-state index contributed by atoms with van der Waals surface area (Å²) in [4.78, 5) is 12.7. The van der Waals surface area contributed by atoms with Gasteiger partial charge in [0, 0.05) is 10.6 Å². The second-order valence-corrected chi connectivity index (χ2v) is 3.80. The van der Waals surface area contributed by atoms with Gasteiger partial charge in [0.2, 0.25) is 0 Å². The van der Waals surface area contributed by atoms with E-state index in [9.17, 15) is 4.79 Å². The molecule has 0 fully saturated rings. The van der Waals surface area contributed by atoms with Crippen LogP contribution < -0.4 is 5.32 Å². The Hall–Kier alpha value is -1.89. The Balaban J connectivity index is 2.06. The number of thioether (sulfide) groups is 1. The maximum atomic E-state index is 11.5. The number of nitrogens with one attached hydrogen (secondary N) is 2. The fourth-order valence-electron chi connectivity index (χ4n) is 1.12. The summed E-state index contributed by atoms with van der Waals surface area (Å²) in [5, 5.41) is 15.4. The van der Waals surface area contributed by atoms with Gasteiger partial charge in [0.1, 0.15) is 0 Å². The van der Waals surface area contributed by atoms with Gasteiger partial charge in [0.15, 0.2) is 0 Å². The molecule has 0 unspecified atom stereocenters. The third-order valence-corrected chi connectivity index (χ3v) is 2.64. The van der Waals surface area contributed by atoms with Crippen molar-refractivity contribution in [3.63, 3.8) is 0 Å². The number of tetrazole rings is 1. The smallest absolute Gasteiger partial charge is 0.297 e. The van der Waals surface area contributed by atoms with Gasteiger partial charge in [-0.25, -0.2) is 0 Å². The minimum absolute atomic E-state index is 0.0222. The molecular formula is C9H9N5OS. The molecule has 0 bridgehead atoms. The van der Waals surface area contributed by atoms with E-state index in [1.807, 2.05) is 30.5 Å². The first-order valence-electron chi connectivity index (χ1n) is 4.48. The molecule has 0 saturated heterocycles. The van der Waals surface area contributed by atoms with Crippen LogP contribution in [0, 0.1) is 0 Å². The number of aromatic amines is 1. The molecule has 0 saturated carbocycles. The first kappa shape index (κ1) is 10.6. The number of nitrogens with zero attached hydrogens (tertiary/aromatic N) is 3. The lowest BCUT2D eigenvalue weighted by atomic mass is 10.3. The number of benzene rings is 1. The van der Waals surface area contributed by atoms with E-state index in [1.165, 1.54) is 0 Å². The SMILES string of the molecule is CSc1ccc(NC(=O)c2nn[nH]n2)cc1. The minimum atomic E-state index is -0.384. The highest BCUT2D eigenvalue weighted by atomic mass is 32.2. The number of aromatic nitrogens is 4. The second-order valence-electron chi connectivity index (χ2n) is 2.92. The zero-order chi connectivity index (χ0) is 11.4. The predicted molar refractivity (Wildman–Crippen MR) is 60.4 cm³/mol. The highest BCUT2D eigenvalue weighted by molar-refractivity contribution is 7.98. The largest absolute Gasteiger partial charge is 0.319 e. The summed E-state index contributed by atoms with van der Waals surface area (Å²) in [5.41, 5.74) is 0.701. The van der Waals surface area contributed by atoms with E-state index in [0.29, 0.717) is 5.69 Å². The molecule has 1 aromatic heterocycles. The van der Waals surface area contributed by atoms with Crippen LogP contribution in [-0.4, -0.2) is 32.8 Å². The molecule has 16 heavy (non-hydrogen) atoms. The van der Waals surface area contributed by atoms with Gasteiger partial charge in [-0.1, -0.05) is 0 Å². The number of anilines is 1. The summed E-state index contributed by atoms with van der Waals surface area (Å²) in [6.07, 6.45) is 1.99. The number of carbonyl (C=O) groups is 1. The van der Waals surface area contributed by atoms with E-state index >= 15 is 0 Å². The van der Waals surface area contributed by atoms with Gasteiger partial charge >= 0.3 is 0 Å². The third kappa shape index (κ3) is 2.37. The van der Waals surface area contributed by atoms with Crippen molar-refractivity contribution in [1.82, 2.24) is 20.6 Å². The fourth-order valence-corrected chi connectivity index (χ4v) is 1.53. The molecular weight excluding hydrogens is 226 g/mol. The zero-order valence-corrected chi connectivity index (χ0v) is 9.28. The quantitative estimate of drug-likeness (QED) is 0.780. The van der Waals surface area contributed by atoms with E-state index < -0.39 is 0 Å². The van der Waals surface area contributed by atoms with Crippen LogP contribution in [0.4, 0.5) is 5.69 Å². The summed E-state index contributed by atoms with van der Waals surface area (Å²) in [6.45, 7) is 0. The van der Waals surface area contributed by atoms with Crippen molar-refractivity contribution in [2.75, 3.05) is 11.6 Å². The highest BCUT2D eigenvalue weighted by Gasteiger charge is 2.10. The normalized spacial score (nSPS) is 10.1. The Morgan fingerprint density at radius 1 is 1.38 bits per heavy atom. The lowest BCUT2D eigenvalue weighted by molar-refractivity contribution is 0.101. The standard InChI is InChI=1S/C9H9N5OS/c1-16-7-4-2-6(3-5-7)10-9(15)8-11-13-14-12-8/h2-5H,1H3,(H,10,15)(H,11,12,13,14). The van der Waals surface area contributed by atoms with Crippen LogP contribution in [0.2, 0.25) is 0 Å². The Kier molecular flexibility index (Phi) is 3.16. The molecule has 1 aromatic carbocycles. The van der Waals surface area contributed by atoms with Crippen molar-refractivity contribution in [2.45, 2.75) is 4.90 Å². The molecule has 0 radical (unpaired) electrons. The Labute approximate surface area is 95.8 Å². The van der Waals surface area contributed by atoms with Crippen LogP contribution in [0.3, 0.4) is 0 Å². The molecule has 0 aliphatic rings. The van der Waals surface area contributed by atoms with Gasteiger partial charge in [-0.3, -0.25) is 4.79 Å². The molecule has 2 aromatic rings. The summed E-state index contributed by atoms with van der Waals surface area (Å²) >= 11 is 1.64. The van der Waals surface area contributed by atoms with Crippen molar-refractivity contribution in [1.29, 1.82) is 0 Å². The minimum Gasteiger partial charge on any atom is -0.319 e. The molecule has 0 aliphatic carbocycles. The predicted octanol–water partition coefficient (Wildman–Crippen LogP) is 1.17. The van der Waals surface area contributed by atoms with Crippen molar-refractivity contribution in [3.8, 4) is 0 Å². The molecule has 2 N–H and O–H groups in total. The summed E-state index contributed by atoms with van der Waals surface area (Å²) in [5.74, 6) is -0.361. The van der Waals surface area contributed by atoms with Crippen LogP contribution in [0.1, 0.15) is 10.6 Å². The van der Waals surface area contributed by atoms with Gasteiger partial charge in [-0.05, 0) is 35.7 Å².